The van der Waals surface area contributed by atoms with Crippen molar-refractivity contribution in [3.63, 3.8) is 0 Å². The molecule has 108 valence electrons. The molecule has 0 bridgehead atoms. The van der Waals surface area contributed by atoms with Gasteiger partial charge in [-0.2, -0.15) is 0 Å². The summed E-state index contributed by atoms with van der Waals surface area (Å²) in [6, 6.07) is 5.44. The summed E-state index contributed by atoms with van der Waals surface area (Å²) in [5.74, 6) is 0.604. The molecule has 0 aromatic heterocycles. The summed E-state index contributed by atoms with van der Waals surface area (Å²) in [7, 11) is 1.49. The predicted molar refractivity (Wildman–Crippen MR) is 81.1 cm³/mol. The second kappa shape index (κ2) is 6.41. The maximum atomic E-state index is 12.4. The molecule has 1 aliphatic heterocycles. The molecular formula is C15H19NO3S. The average Bonchev–Trinajstić information content (AvgIpc) is 2.82. The van der Waals surface area contributed by atoms with Crippen molar-refractivity contribution in [3.05, 3.63) is 29.3 Å². The summed E-state index contributed by atoms with van der Waals surface area (Å²) in [6.07, 6.45) is 0.701. The van der Waals surface area contributed by atoms with Crippen LogP contribution in [0.3, 0.4) is 0 Å². The summed E-state index contributed by atoms with van der Waals surface area (Å²) in [6.45, 7) is 3.97. The first-order valence-corrected chi connectivity index (χ1v) is 7.58. The fourth-order valence-corrected chi connectivity index (χ4v) is 3.34. The topological polar surface area (TPSA) is 46.6 Å². The minimum atomic E-state index is -0.372. The Morgan fingerprint density at radius 2 is 2.20 bits per heavy atom. The molecule has 0 spiro atoms. The zero-order chi connectivity index (χ0) is 14.7. The Morgan fingerprint density at radius 3 is 2.80 bits per heavy atom. The van der Waals surface area contributed by atoms with Crippen LogP contribution in [0.15, 0.2) is 18.2 Å². The van der Waals surface area contributed by atoms with E-state index in [9.17, 15) is 9.59 Å². The number of aryl methyl sites for hydroxylation is 1. The molecule has 0 radical (unpaired) electrons. The number of nitrogens with zero attached hydrogens (tertiary/aromatic N) is 1. The molecule has 1 aliphatic rings. The van der Waals surface area contributed by atoms with Gasteiger partial charge >= 0.3 is 0 Å². The van der Waals surface area contributed by atoms with Crippen molar-refractivity contribution >= 4 is 28.5 Å². The standard InChI is InChI=1S/C15H19NO3S/c1-10-5-4-6-12(11(10)2)16(14(17)9-19-3)13-7-8-20-15(13)18/h4-6,13H,7-9H2,1-3H3. The summed E-state index contributed by atoms with van der Waals surface area (Å²) in [5, 5.41) is 0.0651. The smallest absolute Gasteiger partial charge is 0.253 e. The number of rotatable bonds is 4. The van der Waals surface area contributed by atoms with Crippen LogP contribution in [0.25, 0.3) is 0 Å². The van der Waals surface area contributed by atoms with E-state index in [1.54, 1.807) is 4.90 Å². The number of anilines is 1. The lowest BCUT2D eigenvalue weighted by Crippen LogP contribution is -2.44. The zero-order valence-corrected chi connectivity index (χ0v) is 12.8. The number of benzene rings is 1. The van der Waals surface area contributed by atoms with E-state index in [1.165, 1.54) is 18.9 Å². The van der Waals surface area contributed by atoms with E-state index in [1.807, 2.05) is 32.0 Å². The molecule has 4 nitrogen and oxygen atoms in total. The third kappa shape index (κ3) is 2.88. The first kappa shape index (κ1) is 15.1. The van der Waals surface area contributed by atoms with Crippen molar-refractivity contribution in [1.29, 1.82) is 0 Å². The number of hydrogen-bond acceptors (Lipinski definition) is 4. The third-order valence-electron chi connectivity index (χ3n) is 3.59. The maximum Gasteiger partial charge on any atom is 0.253 e. The summed E-state index contributed by atoms with van der Waals surface area (Å²) >= 11 is 1.30. The molecule has 1 atom stereocenters. The zero-order valence-electron chi connectivity index (χ0n) is 12.0. The molecule has 0 saturated carbocycles. The fourth-order valence-electron chi connectivity index (χ4n) is 2.39. The number of methoxy groups -OCH3 is 1. The SMILES string of the molecule is COCC(=O)N(c1cccc(C)c1C)C1CCSC1=O. The fraction of sp³-hybridized carbons (Fsp3) is 0.467. The minimum Gasteiger partial charge on any atom is -0.375 e. The van der Waals surface area contributed by atoms with Crippen LogP contribution in [0.1, 0.15) is 17.5 Å². The van der Waals surface area contributed by atoms with E-state index in [0.29, 0.717) is 6.42 Å². The van der Waals surface area contributed by atoms with E-state index in [2.05, 4.69) is 0 Å². The monoisotopic (exact) mass is 293 g/mol. The lowest BCUT2D eigenvalue weighted by Gasteiger charge is -2.29. The van der Waals surface area contributed by atoms with Crippen molar-refractivity contribution in [3.8, 4) is 0 Å². The second-order valence-electron chi connectivity index (χ2n) is 4.89. The van der Waals surface area contributed by atoms with E-state index < -0.39 is 0 Å². The van der Waals surface area contributed by atoms with Gasteiger partial charge in [0.25, 0.3) is 5.91 Å². The molecule has 1 saturated heterocycles. The van der Waals surface area contributed by atoms with E-state index in [4.69, 9.17) is 4.74 Å². The highest BCUT2D eigenvalue weighted by Crippen LogP contribution is 2.31. The molecule has 1 aromatic rings. The molecule has 0 N–H and O–H groups in total. The number of amides is 1. The minimum absolute atomic E-state index is 0.0121. The van der Waals surface area contributed by atoms with Gasteiger partial charge in [0.15, 0.2) is 0 Å². The van der Waals surface area contributed by atoms with Crippen molar-refractivity contribution in [1.82, 2.24) is 0 Å². The summed E-state index contributed by atoms with van der Waals surface area (Å²) in [4.78, 5) is 26.0. The lowest BCUT2D eigenvalue weighted by atomic mass is 10.0. The van der Waals surface area contributed by atoms with Crippen LogP contribution in [0, 0.1) is 13.8 Å². The Labute approximate surface area is 123 Å². The molecule has 20 heavy (non-hydrogen) atoms. The number of carbonyl (C=O) groups is 2. The largest absolute Gasteiger partial charge is 0.375 e. The molecule has 5 heteroatoms. The highest BCUT2D eigenvalue weighted by atomic mass is 32.2. The lowest BCUT2D eigenvalue weighted by molar-refractivity contribution is -0.124. The average molecular weight is 293 g/mol. The van der Waals surface area contributed by atoms with Gasteiger partial charge in [0, 0.05) is 18.6 Å². The Morgan fingerprint density at radius 1 is 1.45 bits per heavy atom. The van der Waals surface area contributed by atoms with Gasteiger partial charge in [0.05, 0.1) is 0 Å². The van der Waals surface area contributed by atoms with Crippen LogP contribution in [0.2, 0.25) is 0 Å². The normalized spacial score (nSPS) is 18.4. The molecule has 1 aromatic carbocycles. The van der Waals surface area contributed by atoms with Crippen LogP contribution in [0.5, 0.6) is 0 Å². The van der Waals surface area contributed by atoms with Gasteiger partial charge < -0.3 is 4.74 Å². The molecule has 1 heterocycles. The summed E-state index contributed by atoms with van der Waals surface area (Å²) in [5.41, 5.74) is 2.95. The van der Waals surface area contributed by atoms with Crippen molar-refractivity contribution in [2.45, 2.75) is 26.3 Å². The molecule has 0 aliphatic carbocycles. The molecule has 1 unspecified atom stereocenters. The van der Waals surface area contributed by atoms with Crippen LogP contribution < -0.4 is 4.90 Å². The van der Waals surface area contributed by atoms with Gasteiger partial charge in [-0.3, -0.25) is 14.5 Å². The number of thioether (sulfide) groups is 1. The first-order chi connectivity index (χ1) is 9.56. The molecular weight excluding hydrogens is 274 g/mol. The second-order valence-corrected chi connectivity index (χ2v) is 5.99. The van der Waals surface area contributed by atoms with Crippen molar-refractivity contribution in [2.75, 3.05) is 24.4 Å². The first-order valence-electron chi connectivity index (χ1n) is 6.60. The number of ether oxygens (including phenoxy) is 1. The van der Waals surface area contributed by atoms with Gasteiger partial charge in [0.2, 0.25) is 5.12 Å². The molecule has 1 fully saturated rings. The van der Waals surface area contributed by atoms with Gasteiger partial charge in [0.1, 0.15) is 12.6 Å². The van der Waals surface area contributed by atoms with Crippen LogP contribution in [-0.2, 0) is 14.3 Å². The van der Waals surface area contributed by atoms with E-state index in [-0.39, 0.29) is 23.7 Å². The van der Waals surface area contributed by atoms with Gasteiger partial charge in [-0.25, -0.2) is 0 Å². The van der Waals surface area contributed by atoms with Crippen LogP contribution in [-0.4, -0.2) is 36.5 Å². The van der Waals surface area contributed by atoms with Crippen molar-refractivity contribution in [2.24, 2.45) is 0 Å². The number of hydrogen-bond donors (Lipinski definition) is 0. The highest BCUT2D eigenvalue weighted by Gasteiger charge is 2.35. The Hall–Kier alpha value is -1.33. The Balaban J connectivity index is 2.43. The van der Waals surface area contributed by atoms with Crippen LogP contribution >= 0.6 is 11.8 Å². The molecule has 1 amide bonds. The van der Waals surface area contributed by atoms with Gasteiger partial charge in [-0.05, 0) is 37.5 Å². The third-order valence-corrected chi connectivity index (χ3v) is 4.59. The summed E-state index contributed by atoms with van der Waals surface area (Å²) < 4.78 is 4.96. The van der Waals surface area contributed by atoms with Gasteiger partial charge in [-0.15, -0.1) is 0 Å². The predicted octanol–water partition coefficient (Wildman–Crippen LogP) is 2.31. The molecule has 2 rings (SSSR count). The highest BCUT2D eigenvalue weighted by molar-refractivity contribution is 8.14. The Kier molecular flexibility index (Phi) is 4.83. The van der Waals surface area contributed by atoms with Crippen molar-refractivity contribution < 1.29 is 14.3 Å². The van der Waals surface area contributed by atoms with Gasteiger partial charge in [-0.1, -0.05) is 23.9 Å². The quantitative estimate of drug-likeness (QED) is 0.854. The maximum absolute atomic E-state index is 12.4. The Bertz CT molecular complexity index is 530. The van der Waals surface area contributed by atoms with Crippen LogP contribution in [0.4, 0.5) is 5.69 Å². The number of carbonyl (C=O) groups excluding carboxylic acids is 2. The van der Waals surface area contributed by atoms with E-state index >= 15 is 0 Å². The van der Waals surface area contributed by atoms with E-state index in [0.717, 1.165) is 22.6 Å².